The standard InChI is InChI=1S/C12H12N4O3S/c1-6-5-9(17)16-12(14-6)20-10-7(13)3-4-8(15-10)11(18)19-2/h3-5H,13H2,1-2H3,(H,14,16,17). The third-order valence-corrected chi connectivity index (χ3v) is 3.23. The van der Waals surface area contributed by atoms with Crippen molar-refractivity contribution in [1.29, 1.82) is 0 Å². The van der Waals surface area contributed by atoms with Crippen LogP contribution in [0.25, 0.3) is 0 Å². The average Bonchev–Trinajstić information content (AvgIpc) is 2.39. The Kier molecular flexibility index (Phi) is 4.04. The van der Waals surface area contributed by atoms with Crippen LogP contribution in [0.4, 0.5) is 5.69 Å². The first-order chi connectivity index (χ1) is 9.49. The van der Waals surface area contributed by atoms with Gasteiger partial charge in [0.05, 0.1) is 12.8 Å². The number of nitrogens with zero attached hydrogens (tertiary/aromatic N) is 2. The molecule has 2 heterocycles. The number of aryl methyl sites for hydroxylation is 1. The molecule has 0 aliphatic heterocycles. The molecule has 0 saturated carbocycles. The number of aromatic amines is 1. The maximum atomic E-state index is 11.4. The normalized spacial score (nSPS) is 10.3. The number of pyridine rings is 1. The van der Waals surface area contributed by atoms with Crippen molar-refractivity contribution in [2.75, 3.05) is 12.8 Å². The van der Waals surface area contributed by atoms with Gasteiger partial charge in [-0.15, -0.1) is 0 Å². The summed E-state index contributed by atoms with van der Waals surface area (Å²) in [6.45, 7) is 1.71. The van der Waals surface area contributed by atoms with E-state index in [1.165, 1.54) is 19.2 Å². The van der Waals surface area contributed by atoms with Crippen molar-refractivity contribution in [2.24, 2.45) is 0 Å². The fraction of sp³-hybridized carbons (Fsp3) is 0.167. The van der Waals surface area contributed by atoms with Crippen molar-refractivity contribution in [3.8, 4) is 0 Å². The lowest BCUT2D eigenvalue weighted by molar-refractivity contribution is 0.0593. The van der Waals surface area contributed by atoms with Crippen molar-refractivity contribution in [3.05, 3.63) is 39.9 Å². The number of carbonyl (C=O) groups excluding carboxylic acids is 1. The Morgan fingerprint density at radius 2 is 2.15 bits per heavy atom. The van der Waals surface area contributed by atoms with Gasteiger partial charge in [0, 0.05) is 11.8 Å². The van der Waals surface area contributed by atoms with Crippen LogP contribution in [-0.2, 0) is 4.74 Å². The Labute approximate surface area is 118 Å². The molecule has 0 aliphatic rings. The summed E-state index contributed by atoms with van der Waals surface area (Å²) >= 11 is 1.07. The predicted octanol–water partition coefficient (Wildman–Crippen LogP) is 0.993. The van der Waals surface area contributed by atoms with E-state index in [1.807, 2.05) is 0 Å². The second-order valence-electron chi connectivity index (χ2n) is 3.88. The van der Waals surface area contributed by atoms with Crippen LogP contribution in [0, 0.1) is 6.92 Å². The number of esters is 1. The fourth-order valence-corrected chi connectivity index (χ4v) is 2.30. The van der Waals surface area contributed by atoms with Crippen LogP contribution in [0.5, 0.6) is 0 Å². The van der Waals surface area contributed by atoms with Crippen LogP contribution >= 0.6 is 11.8 Å². The van der Waals surface area contributed by atoms with E-state index in [2.05, 4.69) is 19.7 Å². The first-order valence-electron chi connectivity index (χ1n) is 5.60. The molecule has 0 saturated heterocycles. The number of aromatic nitrogens is 3. The summed E-state index contributed by atoms with van der Waals surface area (Å²) in [6.07, 6.45) is 0. The van der Waals surface area contributed by atoms with Crippen molar-refractivity contribution in [3.63, 3.8) is 0 Å². The summed E-state index contributed by atoms with van der Waals surface area (Å²) in [5, 5.41) is 0.734. The lowest BCUT2D eigenvalue weighted by Crippen LogP contribution is -2.09. The first-order valence-corrected chi connectivity index (χ1v) is 6.42. The summed E-state index contributed by atoms with van der Waals surface area (Å²) in [4.78, 5) is 33.6. The van der Waals surface area contributed by atoms with Gasteiger partial charge in [-0.05, 0) is 30.8 Å². The summed E-state index contributed by atoms with van der Waals surface area (Å²) in [5.74, 6) is -0.558. The molecule has 0 radical (unpaired) electrons. The number of rotatable bonds is 3. The minimum Gasteiger partial charge on any atom is -0.464 e. The van der Waals surface area contributed by atoms with Gasteiger partial charge >= 0.3 is 5.97 Å². The van der Waals surface area contributed by atoms with Crippen LogP contribution in [0.2, 0.25) is 0 Å². The van der Waals surface area contributed by atoms with Crippen LogP contribution in [-0.4, -0.2) is 28.0 Å². The molecular formula is C12H12N4O3S. The lowest BCUT2D eigenvalue weighted by Gasteiger charge is -2.06. The third-order valence-electron chi connectivity index (χ3n) is 2.33. The molecule has 0 unspecified atom stereocenters. The molecule has 0 amide bonds. The largest absolute Gasteiger partial charge is 0.464 e. The highest BCUT2D eigenvalue weighted by Crippen LogP contribution is 2.27. The fourth-order valence-electron chi connectivity index (χ4n) is 1.44. The third kappa shape index (κ3) is 3.15. The van der Waals surface area contributed by atoms with Crippen LogP contribution in [0.1, 0.15) is 16.2 Å². The van der Waals surface area contributed by atoms with Crippen molar-refractivity contribution < 1.29 is 9.53 Å². The zero-order valence-electron chi connectivity index (χ0n) is 10.8. The molecule has 0 aromatic carbocycles. The van der Waals surface area contributed by atoms with Gasteiger partial charge in [-0.3, -0.25) is 4.79 Å². The molecule has 0 fully saturated rings. The molecule has 2 aromatic heterocycles. The maximum Gasteiger partial charge on any atom is 0.356 e. The Balaban J connectivity index is 2.37. The van der Waals surface area contributed by atoms with Gasteiger partial charge in [-0.2, -0.15) is 0 Å². The second-order valence-corrected chi connectivity index (χ2v) is 4.85. The van der Waals surface area contributed by atoms with Crippen molar-refractivity contribution >= 4 is 23.4 Å². The van der Waals surface area contributed by atoms with Gasteiger partial charge in [0.15, 0.2) is 5.16 Å². The van der Waals surface area contributed by atoms with E-state index >= 15 is 0 Å². The van der Waals surface area contributed by atoms with E-state index in [-0.39, 0.29) is 11.3 Å². The molecule has 0 bridgehead atoms. The van der Waals surface area contributed by atoms with Gasteiger partial charge in [0.2, 0.25) is 0 Å². The van der Waals surface area contributed by atoms with Gasteiger partial charge < -0.3 is 15.5 Å². The number of H-pyrrole nitrogens is 1. The summed E-state index contributed by atoms with van der Waals surface area (Å²) in [7, 11) is 1.27. The number of nitrogens with two attached hydrogens (primary N) is 1. The van der Waals surface area contributed by atoms with E-state index in [0.717, 1.165) is 11.8 Å². The molecular weight excluding hydrogens is 280 g/mol. The lowest BCUT2D eigenvalue weighted by atomic mass is 10.3. The monoisotopic (exact) mass is 292 g/mol. The van der Waals surface area contributed by atoms with Crippen molar-refractivity contribution in [1.82, 2.24) is 15.0 Å². The molecule has 0 aliphatic carbocycles. The van der Waals surface area contributed by atoms with Crippen LogP contribution in [0.3, 0.4) is 0 Å². The quantitative estimate of drug-likeness (QED) is 0.641. The first kappa shape index (κ1) is 14.1. The second kappa shape index (κ2) is 5.74. The number of anilines is 1. The number of nitrogen functional groups attached to an aromatic ring is 1. The van der Waals surface area contributed by atoms with Gasteiger partial charge in [-0.1, -0.05) is 0 Å². The number of nitrogens with one attached hydrogen (secondary N) is 1. The smallest absolute Gasteiger partial charge is 0.356 e. The Morgan fingerprint density at radius 1 is 1.40 bits per heavy atom. The number of carbonyl (C=O) groups is 1. The maximum absolute atomic E-state index is 11.4. The van der Waals surface area contributed by atoms with E-state index in [9.17, 15) is 9.59 Å². The molecule has 2 rings (SSSR count). The molecule has 20 heavy (non-hydrogen) atoms. The predicted molar refractivity (Wildman–Crippen MR) is 73.7 cm³/mol. The highest BCUT2D eigenvalue weighted by molar-refractivity contribution is 7.99. The Morgan fingerprint density at radius 3 is 2.80 bits per heavy atom. The van der Waals surface area contributed by atoms with Crippen LogP contribution < -0.4 is 11.3 Å². The van der Waals surface area contributed by atoms with E-state index < -0.39 is 5.97 Å². The summed E-state index contributed by atoms with van der Waals surface area (Å²) in [6, 6.07) is 4.40. The zero-order chi connectivity index (χ0) is 14.7. The SMILES string of the molecule is COC(=O)c1ccc(N)c(Sc2nc(C)cc(=O)[nH]2)n1. The minimum absolute atomic E-state index is 0.138. The van der Waals surface area contributed by atoms with Crippen molar-refractivity contribution in [2.45, 2.75) is 17.1 Å². The molecule has 2 aromatic rings. The molecule has 0 atom stereocenters. The van der Waals surface area contributed by atoms with E-state index in [1.54, 1.807) is 13.0 Å². The summed E-state index contributed by atoms with van der Waals surface area (Å²) < 4.78 is 4.59. The molecule has 0 spiro atoms. The van der Waals surface area contributed by atoms with Crippen LogP contribution in [0.15, 0.2) is 33.2 Å². The molecule has 104 valence electrons. The van der Waals surface area contributed by atoms with Gasteiger partial charge in [0.25, 0.3) is 5.56 Å². The number of ether oxygens (including phenoxy) is 1. The van der Waals surface area contributed by atoms with E-state index in [4.69, 9.17) is 5.73 Å². The molecule has 8 heteroatoms. The minimum atomic E-state index is -0.558. The van der Waals surface area contributed by atoms with Gasteiger partial charge in [0.1, 0.15) is 10.7 Å². The molecule has 3 N–H and O–H groups in total. The highest BCUT2D eigenvalue weighted by atomic mass is 32.2. The number of hydrogen-bond acceptors (Lipinski definition) is 7. The zero-order valence-corrected chi connectivity index (χ0v) is 11.7. The Bertz CT molecular complexity index is 714. The topological polar surface area (TPSA) is 111 Å². The highest BCUT2D eigenvalue weighted by Gasteiger charge is 2.12. The summed E-state index contributed by atoms with van der Waals surface area (Å²) in [5.41, 5.74) is 6.64. The van der Waals surface area contributed by atoms with E-state index in [0.29, 0.717) is 21.6 Å². The van der Waals surface area contributed by atoms with Gasteiger partial charge in [-0.25, -0.2) is 14.8 Å². The number of methoxy groups -OCH3 is 1. The molecule has 7 nitrogen and oxygen atoms in total. The number of hydrogen-bond donors (Lipinski definition) is 2. The average molecular weight is 292 g/mol. The Hall–Kier alpha value is -2.35.